The molecule has 1 aromatic rings. The van der Waals surface area contributed by atoms with Crippen LogP contribution in [0, 0.1) is 0 Å². The van der Waals surface area contributed by atoms with Crippen LogP contribution in [0.5, 0.6) is 0 Å². The molecule has 2 fully saturated rings. The first kappa shape index (κ1) is 24.8. The van der Waals surface area contributed by atoms with E-state index in [1.807, 2.05) is 32.6 Å². The lowest BCUT2D eigenvalue weighted by atomic mass is 10.0. The molecule has 32 heavy (non-hydrogen) atoms. The van der Waals surface area contributed by atoms with Crippen LogP contribution in [0.1, 0.15) is 75.7 Å². The van der Waals surface area contributed by atoms with E-state index in [4.69, 9.17) is 14.5 Å². The average molecular weight is 467 g/mol. The van der Waals surface area contributed by atoms with Gasteiger partial charge in [0, 0.05) is 45.3 Å². The molecule has 0 atom stereocenters. The number of rotatable bonds is 5. The molecule has 2 aliphatic rings. The highest BCUT2D eigenvalue weighted by Crippen LogP contribution is 2.32. The first-order valence-electron chi connectivity index (χ1n) is 11.7. The second kappa shape index (κ2) is 10.4. The van der Waals surface area contributed by atoms with E-state index in [2.05, 4.69) is 23.6 Å². The van der Waals surface area contributed by atoms with E-state index >= 15 is 0 Å². The largest absolute Gasteiger partial charge is 0.462 e. The standard InChI is InChI=1S/C23H38N4O4S/c1-7-30-20(28)19-18(16(2)3)24-21(32-19)26-14-12-25(13-15-26)17-8-10-27(11-9-17)22(29)31-23(4,5)6/h16-17H,7-15H2,1-6H3. The van der Waals surface area contributed by atoms with Crippen LogP contribution in [0.25, 0.3) is 0 Å². The van der Waals surface area contributed by atoms with Gasteiger partial charge in [-0.15, -0.1) is 0 Å². The van der Waals surface area contributed by atoms with E-state index in [0.29, 0.717) is 17.5 Å². The van der Waals surface area contributed by atoms with Crippen LogP contribution in [0.3, 0.4) is 0 Å². The normalized spacial score (nSPS) is 18.8. The molecule has 2 saturated heterocycles. The minimum atomic E-state index is -0.456. The van der Waals surface area contributed by atoms with Gasteiger partial charge in [-0.2, -0.15) is 0 Å². The van der Waals surface area contributed by atoms with Crippen molar-refractivity contribution < 1.29 is 19.1 Å². The van der Waals surface area contributed by atoms with Crippen LogP contribution in [0.4, 0.5) is 9.93 Å². The van der Waals surface area contributed by atoms with Crippen molar-refractivity contribution in [3.8, 4) is 0 Å². The van der Waals surface area contributed by atoms with Crippen molar-refractivity contribution >= 4 is 28.5 Å². The number of esters is 1. The van der Waals surface area contributed by atoms with Gasteiger partial charge >= 0.3 is 12.1 Å². The molecule has 8 nitrogen and oxygen atoms in total. The number of thiazole rings is 1. The molecule has 0 unspecified atom stereocenters. The summed E-state index contributed by atoms with van der Waals surface area (Å²) in [4.78, 5) is 36.7. The Balaban J connectivity index is 1.53. The SMILES string of the molecule is CCOC(=O)c1sc(N2CCN(C3CCN(C(=O)OC(C)(C)C)CC3)CC2)nc1C(C)C. The molecule has 1 amide bonds. The number of hydrogen-bond acceptors (Lipinski definition) is 8. The molecule has 9 heteroatoms. The highest BCUT2D eigenvalue weighted by atomic mass is 32.1. The number of ether oxygens (including phenoxy) is 2. The van der Waals surface area contributed by atoms with Crippen LogP contribution >= 0.6 is 11.3 Å². The fourth-order valence-electron chi connectivity index (χ4n) is 4.21. The molecule has 3 heterocycles. The molecule has 0 bridgehead atoms. The summed E-state index contributed by atoms with van der Waals surface area (Å²) in [5, 5.41) is 0.913. The molecule has 0 radical (unpaired) electrons. The molecule has 0 spiro atoms. The molecule has 0 N–H and O–H groups in total. The molecule has 180 valence electrons. The van der Waals surface area contributed by atoms with Crippen molar-refractivity contribution in [3.05, 3.63) is 10.6 Å². The van der Waals surface area contributed by atoms with Crippen LogP contribution in [0.2, 0.25) is 0 Å². The quantitative estimate of drug-likeness (QED) is 0.608. The molecule has 0 saturated carbocycles. The summed E-state index contributed by atoms with van der Waals surface area (Å²) in [7, 11) is 0. The maximum absolute atomic E-state index is 12.4. The van der Waals surface area contributed by atoms with Crippen LogP contribution in [-0.2, 0) is 9.47 Å². The van der Waals surface area contributed by atoms with Crippen molar-refractivity contribution in [2.45, 2.75) is 71.9 Å². The Morgan fingerprint density at radius 3 is 2.25 bits per heavy atom. The number of carbonyl (C=O) groups is 2. The first-order chi connectivity index (χ1) is 15.1. The Hall–Kier alpha value is -1.87. The minimum absolute atomic E-state index is 0.177. The molecule has 0 aliphatic carbocycles. The predicted octanol–water partition coefficient (Wildman–Crippen LogP) is 3.96. The van der Waals surface area contributed by atoms with Crippen molar-refractivity contribution in [2.75, 3.05) is 50.8 Å². The third kappa shape index (κ3) is 6.13. The Morgan fingerprint density at radius 2 is 1.72 bits per heavy atom. The van der Waals surface area contributed by atoms with Gasteiger partial charge in [-0.05, 0) is 46.5 Å². The van der Waals surface area contributed by atoms with Crippen LogP contribution in [-0.4, -0.2) is 84.4 Å². The lowest BCUT2D eigenvalue weighted by Crippen LogP contribution is -2.54. The van der Waals surface area contributed by atoms with Gasteiger partial charge in [0.05, 0.1) is 12.3 Å². The van der Waals surface area contributed by atoms with Crippen molar-refractivity contribution in [2.24, 2.45) is 0 Å². The predicted molar refractivity (Wildman–Crippen MR) is 127 cm³/mol. The summed E-state index contributed by atoms with van der Waals surface area (Å²) in [6.45, 7) is 17.2. The lowest BCUT2D eigenvalue weighted by molar-refractivity contribution is 0.0139. The second-order valence-corrected chi connectivity index (χ2v) is 10.8. The van der Waals surface area contributed by atoms with Gasteiger partial charge in [-0.3, -0.25) is 4.90 Å². The second-order valence-electron chi connectivity index (χ2n) is 9.81. The van der Waals surface area contributed by atoms with E-state index in [-0.39, 0.29) is 18.0 Å². The number of hydrogen-bond donors (Lipinski definition) is 0. The zero-order valence-electron chi connectivity index (χ0n) is 20.3. The maximum Gasteiger partial charge on any atom is 0.410 e. The van der Waals surface area contributed by atoms with Crippen molar-refractivity contribution in [1.82, 2.24) is 14.8 Å². The summed E-state index contributed by atoms with van der Waals surface area (Å²) < 4.78 is 10.7. The van der Waals surface area contributed by atoms with Gasteiger partial charge in [-0.25, -0.2) is 14.6 Å². The third-order valence-electron chi connectivity index (χ3n) is 5.87. The third-order valence-corrected chi connectivity index (χ3v) is 6.98. The van der Waals surface area contributed by atoms with Crippen molar-refractivity contribution in [3.63, 3.8) is 0 Å². The zero-order valence-corrected chi connectivity index (χ0v) is 21.2. The van der Waals surface area contributed by atoms with Gasteiger partial charge in [0.2, 0.25) is 0 Å². The van der Waals surface area contributed by atoms with E-state index in [9.17, 15) is 9.59 Å². The van der Waals surface area contributed by atoms with Gasteiger partial charge in [0.25, 0.3) is 0 Å². The first-order valence-corrected chi connectivity index (χ1v) is 12.6. The molecule has 1 aromatic heterocycles. The number of anilines is 1. The van der Waals surface area contributed by atoms with Crippen LogP contribution < -0.4 is 4.90 Å². The van der Waals surface area contributed by atoms with Crippen molar-refractivity contribution in [1.29, 1.82) is 0 Å². The summed E-state index contributed by atoms with van der Waals surface area (Å²) in [6, 6.07) is 0.494. The monoisotopic (exact) mass is 466 g/mol. The maximum atomic E-state index is 12.4. The minimum Gasteiger partial charge on any atom is -0.462 e. The molecular formula is C23H38N4O4S. The fraction of sp³-hybridized carbons (Fsp3) is 0.783. The van der Waals surface area contributed by atoms with Gasteiger partial charge in [0.1, 0.15) is 10.5 Å². The zero-order chi connectivity index (χ0) is 23.5. The van der Waals surface area contributed by atoms with Crippen LogP contribution in [0.15, 0.2) is 0 Å². The van der Waals surface area contributed by atoms with E-state index in [0.717, 1.165) is 62.9 Å². The smallest absolute Gasteiger partial charge is 0.410 e. The Labute approximate surface area is 195 Å². The Morgan fingerprint density at radius 1 is 1.09 bits per heavy atom. The molecule has 2 aliphatic heterocycles. The average Bonchev–Trinajstić information content (AvgIpc) is 3.19. The molecular weight excluding hydrogens is 428 g/mol. The Kier molecular flexibility index (Phi) is 8.03. The summed E-state index contributed by atoms with van der Waals surface area (Å²) in [6.07, 6.45) is 1.74. The van der Waals surface area contributed by atoms with Gasteiger partial charge < -0.3 is 19.3 Å². The van der Waals surface area contributed by atoms with E-state index < -0.39 is 5.60 Å². The number of aromatic nitrogens is 1. The Bertz CT molecular complexity index is 788. The van der Waals surface area contributed by atoms with Gasteiger partial charge in [-0.1, -0.05) is 25.2 Å². The number of piperidine rings is 1. The lowest BCUT2D eigenvalue weighted by Gasteiger charge is -2.42. The van der Waals surface area contributed by atoms with Gasteiger partial charge in [0.15, 0.2) is 5.13 Å². The van der Waals surface area contributed by atoms with E-state index in [1.165, 1.54) is 11.3 Å². The number of amides is 1. The number of nitrogens with zero attached hydrogens (tertiary/aromatic N) is 4. The number of piperazine rings is 1. The summed E-state index contributed by atoms with van der Waals surface area (Å²) in [5.74, 6) is -0.0915. The highest BCUT2D eigenvalue weighted by Gasteiger charge is 2.32. The number of carbonyl (C=O) groups excluding carboxylic acids is 2. The summed E-state index contributed by atoms with van der Waals surface area (Å²) in [5.41, 5.74) is 0.378. The molecule has 0 aromatic carbocycles. The summed E-state index contributed by atoms with van der Waals surface area (Å²) >= 11 is 1.45. The topological polar surface area (TPSA) is 75.2 Å². The van der Waals surface area contributed by atoms with E-state index in [1.54, 1.807) is 0 Å². The fourth-order valence-corrected chi connectivity index (χ4v) is 5.37. The highest BCUT2D eigenvalue weighted by molar-refractivity contribution is 7.17. The number of likely N-dealkylation sites (tertiary alicyclic amines) is 1. The molecule has 3 rings (SSSR count).